The Kier molecular flexibility index (Phi) is 3.68. The summed E-state index contributed by atoms with van der Waals surface area (Å²) < 4.78 is 7.26. The topological polar surface area (TPSA) is 76.0 Å². The molecule has 1 aliphatic heterocycles. The van der Waals surface area contributed by atoms with Crippen LogP contribution >= 0.6 is 0 Å². The number of carbonyl (C=O) groups excluding carboxylic acids is 1. The molecule has 0 atom stereocenters. The molecule has 7 heteroatoms. The molecule has 0 unspecified atom stereocenters. The molecule has 0 aliphatic carbocycles. The largest absolute Gasteiger partial charge is 0.497 e. The summed E-state index contributed by atoms with van der Waals surface area (Å²) in [6.45, 7) is 1.47. The first-order chi connectivity index (χ1) is 11.7. The van der Waals surface area contributed by atoms with Gasteiger partial charge in [0.2, 0.25) is 0 Å². The van der Waals surface area contributed by atoms with Crippen molar-refractivity contribution < 1.29 is 9.53 Å². The van der Waals surface area contributed by atoms with Crippen LogP contribution in [0.2, 0.25) is 0 Å². The van der Waals surface area contributed by atoms with Gasteiger partial charge in [-0.3, -0.25) is 4.79 Å². The number of likely N-dealkylation sites (tertiary alicyclic amines) is 1. The number of rotatable bonds is 3. The Morgan fingerprint density at radius 3 is 2.67 bits per heavy atom. The molecule has 3 aromatic rings. The van der Waals surface area contributed by atoms with E-state index in [-0.39, 0.29) is 5.91 Å². The zero-order chi connectivity index (χ0) is 16.5. The zero-order valence-corrected chi connectivity index (χ0v) is 13.5. The predicted octanol–water partition coefficient (Wildman–Crippen LogP) is 2.25. The normalized spacial score (nSPS) is 15.8. The van der Waals surface area contributed by atoms with Gasteiger partial charge in [0.25, 0.3) is 5.91 Å². The highest BCUT2D eigenvalue weighted by molar-refractivity contribution is 5.98. The molecule has 1 fully saturated rings. The van der Waals surface area contributed by atoms with Crippen LogP contribution in [0.4, 0.5) is 0 Å². The lowest BCUT2D eigenvalue weighted by atomic mass is 10.0. The van der Waals surface area contributed by atoms with Gasteiger partial charge in [0, 0.05) is 30.0 Å². The lowest BCUT2D eigenvalue weighted by Gasteiger charge is -2.32. The molecular weight excluding hydrogens is 306 g/mol. The monoisotopic (exact) mass is 325 g/mol. The first kappa shape index (κ1) is 14.7. The molecule has 3 heterocycles. The fraction of sp³-hybridized carbons (Fsp3) is 0.353. The smallest absolute Gasteiger partial charge is 0.270 e. The highest BCUT2D eigenvalue weighted by Crippen LogP contribution is 2.25. The van der Waals surface area contributed by atoms with E-state index in [9.17, 15) is 4.79 Å². The van der Waals surface area contributed by atoms with E-state index in [1.54, 1.807) is 19.8 Å². The van der Waals surface area contributed by atoms with Gasteiger partial charge in [0.1, 0.15) is 24.1 Å². The number of H-pyrrole nitrogens is 1. The number of ether oxygens (including phenoxy) is 1. The van der Waals surface area contributed by atoms with E-state index in [0.29, 0.717) is 11.7 Å². The van der Waals surface area contributed by atoms with Crippen LogP contribution in [0.5, 0.6) is 5.75 Å². The molecule has 1 N–H and O–H groups in total. The Morgan fingerprint density at radius 2 is 1.96 bits per heavy atom. The average molecular weight is 325 g/mol. The second-order valence-corrected chi connectivity index (χ2v) is 6.07. The summed E-state index contributed by atoms with van der Waals surface area (Å²) in [6, 6.07) is 8.02. The van der Waals surface area contributed by atoms with Crippen LogP contribution in [0.3, 0.4) is 0 Å². The van der Waals surface area contributed by atoms with E-state index in [2.05, 4.69) is 15.2 Å². The van der Waals surface area contributed by atoms with Crippen molar-refractivity contribution in [2.75, 3.05) is 20.2 Å². The van der Waals surface area contributed by atoms with Gasteiger partial charge in [-0.05, 0) is 37.1 Å². The Hall–Kier alpha value is -2.83. The van der Waals surface area contributed by atoms with Crippen LogP contribution in [0.25, 0.3) is 10.9 Å². The summed E-state index contributed by atoms with van der Waals surface area (Å²) in [6.07, 6.45) is 5.32. The number of methoxy groups -OCH3 is 1. The molecule has 1 aliphatic rings. The van der Waals surface area contributed by atoms with E-state index < -0.39 is 0 Å². The number of carbonyl (C=O) groups is 1. The maximum atomic E-state index is 12.7. The quantitative estimate of drug-likeness (QED) is 0.801. The van der Waals surface area contributed by atoms with Gasteiger partial charge in [0.15, 0.2) is 0 Å². The Labute approximate surface area is 139 Å². The first-order valence-electron chi connectivity index (χ1n) is 8.05. The molecule has 24 heavy (non-hydrogen) atoms. The third kappa shape index (κ3) is 2.62. The summed E-state index contributed by atoms with van der Waals surface area (Å²) in [5.41, 5.74) is 1.57. The van der Waals surface area contributed by atoms with Crippen molar-refractivity contribution in [3.63, 3.8) is 0 Å². The fourth-order valence-corrected chi connectivity index (χ4v) is 3.29. The van der Waals surface area contributed by atoms with Gasteiger partial charge in [-0.1, -0.05) is 0 Å². The molecular formula is C17H19N5O2. The zero-order valence-electron chi connectivity index (χ0n) is 13.5. The maximum absolute atomic E-state index is 12.7. The van der Waals surface area contributed by atoms with E-state index in [1.807, 2.05) is 33.7 Å². The standard InChI is InChI=1S/C17H19N5O2/c1-24-14-2-3-15-12(8-14)9-16(20-15)17(23)21-6-4-13(5-7-21)22-10-18-19-11-22/h2-3,8-11,13,20H,4-7H2,1H3. The molecule has 1 saturated heterocycles. The van der Waals surface area contributed by atoms with Crippen molar-refractivity contribution in [2.45, 2.75) is 18.9 Å². The number of piperidine rings is 1. The van der Waals surface area contributed by atoms with Crippen LogP contribution in [0.15, 0.2) is 36.9 Å². The van der Waals surface area contributed by atoms with Gasteiger partial charge in [-0.15, -0.1) is 10.2 Å². The maximum Gasteiger partial charge on any atom is 0.270 e. The van der Waals surface area contributed by atoms with Gasteiger partial charge >= 0.3 is 0 Å². The molecule has 0 spiro atoms. The van der Waals surface area contributed by atoms with Crippen LogP contribution in [0, 0.1) is 0 Å². The summed E-state index contributed by atoms with van der Waals surface area (Å²) in [4.78, 5) is 17.9. The number of benzene rings is 1. The minimum atomic E-state index is 0.0485. The van der Waals surface area contributed by atoms with Gasteiger partial charge in [-0.2, -0.15) is 0 Å². The summed E-state index contributed by atoms with van der Waals surface area (Å²) in [7, 11) is 1.64. The van der Waals surface area contributed by atoms with Crippen molar-refractivity contribution in [2.24, 2.45) is 0 Å². The number of amides is 1. The second-order valence-electron chi connectivity index (χ2n) is 6.07. The SMILES string of the molecule is COc1ccc2[nH]c(C(=O)N3CCC(n4cnnc4)CC3)cc2c1. The van der Waals surface area contributed by atoms with Gasteiger partial charge in [0.05, 0.1) is 7.11 Å². The number of fused-ring (bicyclic) bond motifs is 1. The lowest BCUT2D eigenvalue weighted by molar-refractivity contribution is 0.0689. The minimum absolute atomic E-state index is 0.0485. The molecule has 7 nitrogen and oxygen atoms in total. The predicted molar refractivity (Wildman–Crippen MR) is 89.0 cm³/mol. The van der Waals surface area contributed by atoms with Crippen molar-refractivity contribution in [1.29, 1.82) is 0 Å². The first-order valence-corrected chi connectivity index (χ1v) is 8.05. The Balaban J connectivity index is 1.48. The molecule has 1 aromatic carbocycles. The molecule has 0 radical (unpaired) electrons. The third-order valence-corrected chi connectivity index (χ3v) is 4.67. The molecule has 1 amide bonds. The van der Waals surface area contributed by atoms with Crippen molar-refractivity contribution in [3.8, 4) is 5.75 Å². The van der Waals surface area contributed by atoms with Crippen molar-refractivity contribution in [1.82, 2.24) is 24.6 Å². The van der Waals surface area contributed by atoms with E-state index in [0.717, 1.165) is 42.6 Å². The van der Waals surface area contributed by atoms with Crippen molar-refractivity contribution in [3.05, 3.63) is 42.6 Å². The molecule has 0 bridgehead atoms. The van der Waals surface area contributed by atoms with Crippen LogP contribution in [-0.4, -0.2) is 50.8 Å². The lowest BCUT2D eigenvalue weighted by Crippen LogP contribution is -2.39. The van der Waals surface area contributed by atoms with Gasteiger partial charge < -0.3 is 19.2 Å². The minimum Gasteiger partial charge on any atom is -0.497 e. The number of nitrogens with zero attached hydrogens (tertiary/aromatic N) is 4. The number of aromatic amines is 1. The number of hydrogen-bond donors (Lipinski definition) is 1. The molecule has 0 saturated carbocycles. The van der Waals surface area contributed by atoms with Gasteiger partial charge in [-0.25, -0.2) is 0 Å². The highest BCUT2D eigenvalue weighted by Gasteiger charge is 2.25. The molecule has 2 aromatic heterocycles. The average Bonchev–Trinajstić information content (AvgIpc) is 3.30. The van der Waals surface area contributed by atoms with Crippen LogP contribution in [-0.2, 0) is 0 Å². The van der Waals surface area contributed by atoms with Crippen molar-refractivity contribution >= 4 is 16.8 Å². The Bertz CT molecular complexity index is 847. The number of hydrogen-bond acceptors (Lipinski definition) is 4. The summed E-state index contributed by atoms with van der Waals surface area (Å²) in [5, 5.41) is 8.69. The fourth-order valence-electron chi connectivity index (χ4n) is 3.29. The summed E-state index contributed by atoms with van der Waals surface area (Å²) in [5.74, 6) is 0.836. The van der Waals surface area contributed by atoms with E-state index in [1.165, 1.54) is 0 Å². The highest BCUT2D eigenvalue weighted by atomic mass is 16.5. The molecule has 4 rings (SSSR count). The third-order valence-electron chi connectivity index (χ3n) is 4.67. The second kappa shape index (κ2) is 5.99. The number of aromatic nitrogens is 4. The van der Waals surface area contributed by atoms with Crippen LogP contribution in [0.1, 0.15) is 29.4 Å². The van der Waals surface area contributed by atoms with Crippen LogP contribution < -0.4 is 4.74 Å². The molecule has 124 valence electrons. The number of nitrogens with one attached hydrogen (secondary N) is 1. The van der Waals surface area contributed by atoms with E-state index >= 15 is 0 Å². The Morgan fingerprint density at radius 1 is 1.21 bits per heavy atom. The van der Waals surface area contributed by atoms with E-state index in [4.69, 9.17) is 4.74 Å². The summed E-state index contributed by atoms with van der Waals surface area (Å²) >= 11 is 0.